The molecule has 0 amide bonds. The van der Waals surface area contributed by atoms with Crippen molar-refractivity contribution < 1.29 is 24.9 Å². The second kappa shape index (κ2) is 6.17. The summed E-state index contributed by atoms with van der Waals surface area (Å²) in [5.41, 5.74) is -0.0216. The maximum Gasteiger partial charge on any atom is 0.310 e. The van der Waals surface area contributed by atoms with Crippen molar-refractivity contribution in [2.45, 2.75) is 26.9 Å². The fourth-order valence-corrected chi connectivity index (χ4v) is 2.88. The summed E-state index contributed by atoms with van der Waals surface area (Å²) in [4.78, 5) is 23.0. The molecule has 0 fully saturated rings. The van der Waals surface area contributed by atoms with E-state index in [0.29, 0.717) is 27.1 Å². The normalized spacial score (nSPS) is 15.3. The Morgan fingerprint density at radius 1 is 1.43 bits per heavy atom. The molecule has 0 aliphatic rings. The molecule has 1 heterocycles. The van der Waals surface area contributed by atoms with Crippen molar-refractivity contribution in [3.05, 3.63) is 28.4 Å². The van der Waals surface area contributed by atoms with Crippen LogP contribution in [0.3, 0.4) is 0 Å². The van der Waals surface area contributed by atoms with Gasteiger partial charge in [0, 0.05) is 5.39 Å². The summed E-state index contributed by atoms with van der Waals surface area (Å²) >= 11 is 6.17. The lowest BCUT2D eigenvalue weighted by Gasteiger charge is -2.29. The number of benzene rings is 1. The molecule has 8 heteroatoms. The molecule has 0 bridgehead atoms. The average molecular weight is 341 g/mol. The number of aliphatic hydroxyl groups excluding tert-OH is 1. The van der Waals surface area contributed by atoms with Gasteiger partial charge >= 0.3 is 11.9 Å². The van der Waals surface area contributed by atoms with Gasteiger partial charge in [0.1, 0.15) is 0 Å². The van der Waals surface area contributed by atoms with Gasteiger partial charge < -0.3 is 15.3 Å². The van der Waals surface area contributed by atoms with Gasteiger partial charge in [0.15, 0.2) is 0 Å². The number of nitrogens with zero attached hydrogens (tertiary/aromatic N) is 1. The molecule has 4 N–H and O–H groups in total. The molecule has 0 aliphatic carbocycles. The quantitative estimate of drug-likeness (QED) is 0.638. The molecule has 0 spiro atoms. The minimum Gasteiger partial charge on any atom is -0.481 e. The van der Waals surface area contributed by atoms with Crippen LogP contribution >= 0.6 is 11.6 Å². The van der Waals surface area contributed by atoms with Crippen LogP contribution in [0.15, 0.2) is 12.3 Å². The highest BCUT2D eigenvalue weighted by Gasteiger charge is 2.43. The number of halogens is 1. The van der Waals surface area contributed by atoms with Crippen molar-refractivity contribution in [3.63, 3.8) is 0 Å². The van der Waals surface area contributed by atoms with Crippen LogP contribution in [0.5, 0.6) is 0 Å². The predicted octanol–water partition coefficient (Wildman–Crippen LogP) is 2.06. The molecule has 0 saturated heterocycles. The molecular formula is C15H17ClN2O5. The number of aromatic amines is 1. The van der Waals surface area contributed by atoms with Gasteiger partial charge in [0.05, 0.1) is 34.7 Å². The summed E-state index contributed by atoms with van der Waals surface area (Å²) in [6.07, 6.45) is 1.42. The first-order chi connectivity index (χ1) is 10.7. The highest BCUT2D eigenvalue weighted by Crippen LogP contribution is 2.36. The van der Waals surface area contributed by atoms with Gasteiger partial charge in [0.2, 0.25) is 0 Å². The van der Waals surface area contributed by atoms with E-state index in [-0.39, 0.29) is 13.0 Å². The van der Waals surface area contributed by atoms with Crippen LogP contribution in [0.4, 0.5) is 0 Å². The molecule has 124 valence electrons. The third-order valence-electron chi connectivity index (χ3n) is 4.42. The maximum absolute atomic E-state index is 11.7. The number of hydrogen-bond donors (Lipinski definition) is 4. The third kappa shape index (κ3) is 2.89. The lowest BCUT2D eigenvalue weighted by molar-refractivity contribution is -0.160. The molecule has 0 saturated carbocycles. The summed E-state index contributed by atoms with van der Waals surface area (Å²) in [6, 6.07) is 1.55. The number of H-pyrrole nitrogens is 1. The van der Waals surface area contributed by atoms with Crippen LogP contribution in [0.1, 0.15) is 25.0 Å². The van der Waals surface area contributed by atoms with Gasteiger partial charge in [0.25, 0.3) is 0 Å². The number of hydrogen-bond acceptors (Lipinski definition) is 4. The molecule has 1 aromatic carbocycles. The van der Waals surface area contributed by atoms with Crippen molar-refractivity contribution in [1.29, 1.82) is 0 Å². The zero-order valence-electron chi connectivity index (χ0n) is 12.6. The first kappa shape index (κ1) is 17.2. The maximum atomic E-state index is 11.7. The molecule has 7 nitrogen and oxygen atoms in total. The number of carboxylic acid groups (broad SMARTS) is 2. The number of carboxylic acids is 2. The van der Waals surface area contributed by atoms with E-state index in [1.165, 1.54) is 20.0 Å². The van der Waals surface area contributed by atoms with Crippen LogP contribution in [-0.2, 0) is 22.6 Å². The molecule has 1 aromatic heterocycles. The van der Waals surface area contributed by atoms with E-state index in [1.54, 1.807) is 6.07 Å². The van der Waals surface area contributed by atoms with Crippen LogP contribution in [0, 0.1) is 11.3 Å². The smallest absolute Gasteiger partial charge is 0.310 e. The Hall–Kier alpha value is -2.12. The summed E-state index contributed by atoms with van der Waals surface area (Å²) in [5, 5.41) is 35.9. The average Bonchev–Trinajstić information content (AvgIpc) is 2.96. The minimum absolute atomic E-state index is 0.0769. The number of fused-ring (bicyclic) bond motifs is 1. The zero-order valence-corrected chi connectivity index (χ0v) is 13.4. The predicted molar refractivity (Wildman–Crippen MR) is 83.3 cm³/mol. The molecule has 2 atom stereocenters. The van der Waals surface area contributed by atoms with Crippen molar-refractivity contribution in [3.8, 4) is 0 Å². The number of carbonyl (C=O) groups is 2. The summed E-state index contributed by atoms with van der Waals surface area (Å²) < 4.78 is 0. The molecular weight excluding hydrogens is 324 g/mol. The fourth-order valence-electron chi connectivity index (χ4n) is 2.61. The Bertz CT molecular complexity index is 773. The van der Waals surface area contributed by atoms with Gasteiger partial charge in [-0.05, 0) is 30.5 Å². The van der Waals surface area contributed by atoms with Crippen molar-refractivity contribution in [2.24, 2.45) is 11.3 Å². The number of nitrogens with one attached hydrogen (secondary N) is 1. The fraction of sp³-hybridized carbons (Fsp3) is 0.400. The van der Waals surface area contributed by atoms with E-state index in [4.69, 9.17) is 11.6 Å². The highest BCUT2D eigenvalue weighted by atomic mass is 35.5. The standard InChI is InChI=1S/C15H17ClN2O5/c1-7(13(20)21)15(2,14(22)23)4-8-3-11(16)12-9(5-17-18-12)10(8)6-19/h3,5,7,19H,4,6H2,1-2H3,(H,17,18)(H,20,21)(H,22,23). The molecule has 2 rings (SSSR count). The minimum atomic E-state index is -1.55. The molecule has 0 radical (unpaired) electrons. The van der Waals surface area contributed by atoms with Crippen LogP contribution in [-0.4, -0.2) is 37.5 Å². The van der Waals surface area contributed by atoms with E-state index >= 15 is 0 Å². The van der Waals surface area contributed by atoms with E-state index < -0.39 is 23.3 Å². The van der Waals surface area contributed by atoms with E-state index in [0.717, 1.165) is 0 Å². The lowest BCUT2D eigenvalue weighted by atomic mass is 9.72. The van der Waals surface area contributed by atoms with Crippen LogP contribution in [0.25, 0.3) is 10.9 Å². The van der Waals surface area contributed by atoms with Crippen LogP contribution < -0.4 is 0 Å². The van der Waals surface area contributed by atoms with E-state index in [9.17, 15) is 24.9 Å². The monoisotopic (exact) mass is 340 g/mol. The first-order valence-electron chi connectivity index (χ1n) is 6.92. The Labute approximate surface area is 136 Å². The Morgan fingerprint density at radius 3 is 2.61 bits per heavy atom. The molecule has 0 aliphatic heterocycles. The van der Waals surface area contributed by atoms with E-state index in [2.05, 4.69) is 10.2 Å². The Kier molecular flexibility index (Phi) is 4.63. The van der Waals surface area contributed by atoms with Gasteiger partial charge in [-0.2, -0.15) is 5.10 Å². The van der Waals surface area contributed by atoms with Gasteiger partial charge in [-0.15, -0.1) is 0 Å². The van der Waals surface area contributed by atoms with E-state index in [1.807, 2.05) is 0 Å². The Morgan fingerprint density at radius 2 is 2.09 bits per heavy atom. The third-order valence-corrected chi connectivity index (χ3v) is 4.72. The number of aliphatic carboxylic acids is 2. The second-order valence-corrected chi connectivity index (χ2v) is 6.18. The summed E-state index contributed by atoms with van der Waals surface area (Å²) in [7, 11) is 0. The SMILES string of the molecule is CC(C(=O)O)C(C)(Cc1cc(Cl)c2[nH]ncc2c1CO)C(=O)O. The second-order valence-electron chi connectivity index (χ2n) is 5.77. The van der Waals surface area contributed by atoms with Gasteiger partial charge in [-0.1, -0.05) is 18.5 Å². The summed E-state index contributed by atoms with van der Waals surface area (Å²) in [5.74, 6) is -3.54. The molecule has 2 aromatic rings. The number of aromatic nitrogens is 2. The lowest BCUT2D eigenvalue weighted by Crippen LogP contribution is -2.40. The molecule has 2 unspecified atom stereocenters. The van der Waals surface area contributed by atoms with Crippen molar-refractivity contribution >= 4 is 34.4 Å². The summed E-state index contributed by atoms with van der Waals surface area (Å²) in [6.45, 7) is 2.40. The number of aliphatic hydroxyl groups is 1. The first-order valence-corrected chi connectivity index (χ1v) is 7.30. The zero-order chi connectivity index (χ0) is 17.4. The number of rotatable bonds is 6. The van der Waals surface area contributed by atoms with Crippen molar-refractivity contribution in [1.82, 2.24) is 10.2 Å². The van der Waals surface area contributed by atoms with Gasteiger partial charge in [-0.3, -0.25) is 14.7 Å². The van der Waals surface area contributed by atoms with Crippen LogP contribution in [0.2, 0.25) is 5.02 Å². The Balaban J connectivity index is 2.59. The largest absolute Gasteiger partial charge is 0.481 e. The highest BCUT2D eigenvalue weighted by molar-refractivity contribution is 6.35. The topological polar surface area (TPSA) is 124 Å². The van der Waals surface area contributed by atoms with Gasteiger partial charge in [-0.25, -0.2) is 0 Å². The van der Waals surface area contributed by atoms with Crippen molar-refractivity contribution in [2.75, 3.05) is 0 Å². The molecule has 23 heavy (non-hydrogen) atoms.